The number of thioether (sulfide) groups is 1. The van der Waals surface area contributed by atoms with Gasteiger partial charge in [0.25, 0.3) is 5.24 Å². The fourth-order valence-electron chi connectivity index (χ4n) is 3.16. The number of rotatable bonds is 6. The number of nitrogens with zero attached hydrogens (tertiary/aromatic N) is 3. The van der Waals surface area contributed by atoms with Crippen molar-refractivity contribution in [1.29, 1.82) is 0 Å². The number of aromatic nitrogens is 1. The van der Waals surface area contributed by atoms with Gasteiger partial charge in [-0.3, -0.25) is 9.59 Å². The predicted octanol–water partition coefficient (Wildman–Crippen LogP) is 2.64. The summed E-state index contributed by atoms with van der Waals surface area (Å²) in [5.74, 6) is 1.83. The molecule has 3 rings (SSSR count). The van der Waals surface area contributed by atoms with Gasteiger partial charge in [0.15, 0.2) is 0 Å². The van der Waals surface area contributed by atoms with E-state index in [-0.39, 0.29) is 11.1 Å². The fraction of sp³-hybridized carbons (Fsp3) is 0.611. The lowest BCUT2D eigenvalue weighted by Crippen LogP contribution is -2.30. The maximum absolute atomic E-state index is 11.9. The highest BCUT2D eigenvalue weighted by Crippen LogP contribution is 2.18. The van der Waals surface area contributed by atoms with Crippen LogP contribution < -0.4 is 10.2 Å². The Morgan fingerprint density at radius 2 is 1.96 bits per heavy atom. The van der Waals surface area contributed by atoms with Crippen LogP contribution in [0.2, 0.25) is 0 Å². The first-order valence-corrected chi connectivity index (χ1v) is 10.1. The van der Waals surface area contributed by atoms with E-state index >= 15 is 0 Å². The first kappa shape index (κ1) is 18.0. The van der Waals surface area contributed by atoms with Gasteiger partial charge in [0.1, 0.15) is 5.82 Å². The number of anilines is 1. The third-order valence-corrected chi connectivity index (χ3v) is 5.57. The molecular formula is C18H26N4O2S. The summed E-state index contributed by atoms with van der Waals surface area (Å²) in [5.41, 5.74) is 1.000. The topological polar surface area (TPSA) is 65.5 Å². The third kappa shape index (κ3) is 5.36. The van der Waals surface area contributed by atoms with E-state index in [0.29, 0.717) is 19.5 Å². The van der Waals surface area contributed by atoms with Crippen LogP contribution in [0.3, 0.4) is 0 Å². The molecule has 0 aromatic carbocycles. The Morgan fingerprint density at radius 1 is 1.16 bits per heavy atom. The van der Waals surface area contributed by atoms with Crippen molar-refractivity contribution in [3.05, 3.63) is 23.9 Å². The van der Waals surface area contributed by atoms with E-state index in [1.54, 1.807) is 4.90 Å². The van der Waals surface area contributed by atoms with Crippen molar-refractivity contribution < 1.29 is 9.59 Å². The van der Waals surface area contributed by atoms with Crippen LogP contribution in [0.1, 0.15) is 37.7 Å². The summed E-state index contributed by atoms with van der Waals surface area (Å²) < 4.78 is 0. The minimum absolute atomic E-state index is 0.0266. The van der Waals surface area contributed by atoms with Crippen molar-refractivity contribution >= 4 is 28.7 Å². The molecule has 0 atom stereocenters. The van der Waals surface area contributed by atoms with E-state index < -0.39 is 0 Å². The first-order chi connectivity index (χ1) is 12.2. The predicted molar refractivity (Wildman–Crippen MR) is 101 cm³/mol. The molecule has 1 aromatic rings. The van der Waals surface area contributed by atoms with Gasteiger partial charge >= 0.3 is 0 Å². The molecule has 6 nitrogen and oxygen atoms in total. The molecule has 7 heteroatoms. The largest absolute Gasteiger partial charge is 0.357 e. The van der Waals surface area contributed by atoms with Gasteiger partial charge in [-0.05, 0) is 24.5 Å². The molecule has 2 fully saturated rings. The number of carbonyl (C=O) groups is 2. The highest BCUT2D eigenvalue weighted by atomic mass is 32.2. The molecule has 0 aliphatic carbocycles. The van der Waals surface area contributed by atoms with Gasteiger partial charge in [0.05, 0.1) is 0 Å². The maximum atomic E-state index is 11.9. The molecule has 0 bridgehead atoms. The van der Waals surface area contributed by atoms with E-state index in [1.807, 2.05) is 18.3 Å². The maximum Gasteiger partial charge on any atom is 0.281 e. The fourth-order valence-corrected chi connectivity index (χ4v) is 4.01. The van der Waals surface area contributed by atoms with Crippen LogP contribution in [0.4, 0.5) is 10.6 Å². The Hall–Kier alpha value is -1.76. The SMILES string of the molecule is O=C(CCN1CCSC1=O)NCc1ccc(N2CCCCCC2)nc1. The molecule has 136 valence electrons. The molecule has 0 radical (unpaired) electrons. The third-order valence-electron chi connectivity index (χ3n) is 4.68. The number of carbonyl (C=O) groups excluding carboxylic acids is 2. The summed E-state index contributed by atoms with van der Waals surface area (Å²) in [4.78, 5) is 32.1. The van der Waals surface area contributed by atoms with Gasteiger partial charge in [0, 0.05) is 51.1 Å². The number of nitrogens with one attached hydrogen (secondary N) is 1. The average Bonchev–Trinajstić information content (AvgIpc) is 2.87. The number of pyridine rings is 1. The molecular weight excluding hydrogens is 336 g/mol. The van der Waals surface area contributed by atoms with Crippen molar-refractivity contribution in [3.8, 4) is 0 Å². The first-order valence-electron chi connectivity index (χ1n) is 9.10. The van der Waals surface area contributed by atoms with Crippen molar-refractivity contribution in [2.24, 2.45) is 0 Å². The van der Waals surface area contributed by atoms with E-state index in [2.05, 4.69) is 15.2 Å². The zero-order valence-corrected chi connectivity index (χ0v) is 15.4. The smallest absolute Gasteiger partial charge is 0.281 e. The van der Waals surface area contributed by atoms with Crippen LogP contribution in [0.15, 0.2) is 18.3 Å². The Labute approximate surface area is 153 Å². The lowest BCUT2D eigenvalue weighted by Gasteiger charge is -2.21. The standard InChI is InChI=1S/C18H26N4O2S/c23-17(7-10-22-11-12-25-18(22)24)20-14-15-5-6-16(19-13-15)21-8-3-1-2-4-9-21/h5-6,13H,1-4,7-12,14H2,(H,20,23). The Balaban J connectivity index is 1.41. The van der Waals surface area contributed by atoms with Gasteiger partial charge in [-0.25, -0.2) is 4.98 Å². The van der Waals surface area contributed by atoms with Crippen molar-refractivity contribution in [2.75, 3.05) is 36.8 Å². The van der Waals surface area contributed by atoms with Crippen LogP contribution in [0.5, 0.6) is 0 Å². The number of hydrogen-bond acceptors (Lipinski definition) is 5. The van der Waals surface area contributed by atoms with Gasteiger partial charge < -0.3 is 15.1 Å². The zero-order chi connectivity index (χ0) is 17.5. The van der Waals surface area contributed by atoms with E-state index in [9.17, 15) is 9.59 Å². The summed E-state index contributed by atoms with van der Waals surface area (Å²) in [6.07, 6.45) is 7.28. The molecule has 2 aliphatic heterocycles. The minimum Gasteiger partial charge on any atom is -0.357 e. The van der Waals surface area contributed by atoms with Crippen LogP contribution in [0, 0.1) is 0 Å². The second-order valence-corrected chi connectivity index (χ2v) is 7.60. The second kappa shape index (κ2) is 9.08. The highest BCUT2D eigenvalue weighted by molar-refractivity contribution is 8.13. The van der Waals surface area contributed by atoms with Gasteiger partial charge in [-0.15, -0.1) is 0 Å². The van der Waals surface area contributed by atoms with Crippen molar-refractivity contribution in [2.45, 2.75) is 38.6 Å². The second-order valence-electron chi connectivity index (χ2n) is 6.55. The zero-order valence-electron chi connectivity index (χ0n) is 14.6. The van der Waals surface area contributed by atoms with Gasteiger partial charge in [0.2, 0.25) is 5.91 Å². The number of hydrogen-bond donors (Lipinski definition) is 1. The summed E-state index contributed by atoms with van der Waals surface area (Å²) in [5, 5.41) is 2.99. The van der Waals surface area contributed by atoms with E-state index in [1.165, 1.54) is 37.4 Å². The molecule has 1 N–H and O–H groups in total. The van der Waals surface area contributed by atoms with Crippen LogP contribution in [0.25, 0.3) is 0 Å². The molecule has 25 heavy (non-hydrogen) atoms. The summed E-state index contributed by atoms with van der Waals surface area (Å²) >= 11 is 1.32. The summed E-state index contributed by atoms with van der Waals surface area (Å²) in [7, 11) is 0. The van der Waals surface area contributed by atoms with Gasteiger partial charge in [-0.2, -0.15) is 0 Å². The molecule has 2 amide bonds. The number of amides is 2. The normalized spacial score (nSPS) is 18.3. The van der Waals surface area contributed by atoms with Crippen LogP contribution >= 0.6 is 11.8 Å². The molecule has 2 saturated heterocycles. The summed E-state index contributed by atoms with van der Waals surface area (Å²) in [6.45, 7) is 3.89. The quantitative estimate of drug-likeness (QED) is 0.843. The monoisotopic (exact) mass is 362 g/mol. The molecule has 3 heterocycles. The molecule has 0 saturated carbocycles. The highest BCUT2D eigenvalue weighted by Gasteiger charge is 2.21. The lowest BCUT2D eigenvalue weighted by molar-refractivity contribution is -0.121. The summed E-state index contributed by atoms with van der Waals surface area (Å²) in [6, 6.07) is 4.08. The van der Waals surface area contributed by atoms with E-state index in [4.69, 9.17) is 0 Å². The minimum atomic E-state index is -0.0266. The molecule has 0 spiro atoms. The Bertz CT molecular complexity index is 585. The van der Waals surface area contributed by atoms with E-state index in [0.717, 1.165) is 36.8 Å². The van der Waals surface area contributed by atoms with Crippen LogP contribution in [-0.2, 0) is 11.3 Å². The molecule has 2 aliphatic rings. The lowest BCUT2D eigenvalue weighted by atomic mass is 10.2. The molecule has 0 unspecified atom stereocenters. The average molecular weight is 362 g/mol. The van der Waals surface area contributed by atoms with Crippen molar-refractivity contribution in [3.63, 3.8) is 0 Å². The van der Waals surface area contributed by atoms with Crippen LogP contribution in [-0.4, -0.2) is 53.0 Å². The van der Waals surface area contributed by atoms with Crippen molar-refractivity contribution in [1.82, 2.24) is 15.2 Å². The Kier molecular flexibility index (Phi) is 6.55. The molecule has 1 aromatic heterocycles. The van der Waals surface area contributed by atoms with Gasteiger partial charge in [-0.1, -0.05) is 30.7 Å². The Morgan fingerprint density at radius 3 is 2.60 bits per heavy atom.